The molecular formula is C21H38N2O3. The molecule has 5 nitrogen and oxygen atoms in total. The summed E-state index contributed by atoms with van der Waals surface area (Å²) in [5, 5.41) is 17.4. The lowest BCUT2D eigenvalue weighted by Gasteiger charge is -2.56. The van der Waals surface area contributed by atoms with Crippen molar-refractivity contribution >= 4 is 11.8 Å². The molecule has 0 aromatic heterocycles. The number of fused-ring (bicyclic) bond motifs is 1. The summed E-state index contributed by atoms with van der Waals surface area (Å²) in [6.07, 6.45) is 3.37. The fourth-order valence-electron chi connectivity index (χ4n) is 5.44. The van der Waals surface area contributed by atoms with E-state index in [2.05, 4.69) is 24.5 Å². The minimum Gasteiger partial charge on any atom is -0.392 e. The van der Waals surface area contributed by atoms with Crippen LogP contribution < -0.4 is 10.6 Å². The van der Waals surface area contributed by atoms with Crippen LogP contribution in [0.1, 0.15) is 74.1 Å². The Kier molecular flexibility index (Phi) is 6.11. The molecule has 0 aliphatic heterocycles. The number of carbonyl (C=O) groups is 2. The van der Waals surface area contributed by atoms with Crippen LogP contribution in [0.5, 0.6) is 0 Å². The Morgan fingerprint density at radius 3 is 2.31 bits per heavy atom. The van der Waals surface area contributed by atoms with E-state index in [-0.39, 0.29) is 52.5 Å². The maximum absolute atomic E-state index is 12.7. The lowest BCUT2D eigenvalue weighted by atomic mass is 9.51. The molecule has 2 aliphatic carbocycles. The molecule has 2 saturated carbocycles. The molecule has 3 N–H and O–H groups in total. The van der Waals surface area contributed by atoms with Crippen LogP contribution >= 0.6 is 0 Å². The average molecular weight is 367 g/mol. The highest BCUT2D eigenvalue weighted by molar-refractivity contribution is 5.79. The number of hydrogen-bond acceptors (Lipinski definition) is 3. The van der Waals surface area contributed by atoms with Crippen LogP contribution in [-0.2, 0) is 9.59 Å². The highest BCUT2D eigenvalue weighted by atomic mass is 16.3. The van der Waals surface area contributed by atoms with Crippen LogP contribution in [0.2, 0.25) is 0 Å². The molecule has 0 unspecified atom stereocenters. The standard InChI is InChI=1S/C21H38N2O3/c1-12(19(26)23-20(4,5)6)15-8-10-21(7)11-9-16(22-14(3)24)13(2)17(21)18(15)25/h12-13,15-18,25H,8-11H2,1-7H3,(H,22,24)(H,23,26)/t12-,13+,15+,16-,17+,18-,21-/m0/s1. The van der Waals surface area contributed by atoms with Gasteiger partial charge in [0.1, 0.15) is 0 Å². The summed E-state index contributed by atoms with van der Waals surface area (Å²) in [5.41, 5.74) is -0.182. The van der Waals surface area contributed by atoms with Crippen molar-refractivity contribution in [3.05, 3.63) is 0 Å². The van der Waals surface area contributed by atoms with Crippen molar-refractivity contribution in [3.8, 4) is 0 Å². The van der Waals surface area contributed by atoms with Crippen molar-refractivity contribution in [2.75, 3.05) is 0 Å². The number of hydrogen-bond donors (Lipinski definition) is 3. The number of carbonyl (C=O) groups excluding carboxylic acids is 2. The molecule has 0 radical (unpaired) electrons. The fraction of sp³-hybridized carbons (Fsp3) is 0.905. The molecule has 2 amide bonds. The van der Waals surface area contributed by atoms with E-state index < -0.39 is 6.10 Å². The molecule has 150 valence electrons. The molecule has 0 saturated heterocycles. The Hall–Kier alpha value is -1.10. The van der Waals surface area contributed by atoms with E-state index in [1.54, 1.807) is 6.92 Å². The van der Waals surface area contributed by atoms with Crippen LogP contribution in [0.4, 0.5) is 0 Å². The Morgan fingerprint density at radius 2 is 1.77 bits per heavy atom. The van der Waals surface area contributed by atoms with Crippen LogP contribution in [0.25, 0.3) is 0 Å². The van der Waals surface area contributed by atoms with E-state index in [9.17, 15) is 14.7 Å². The van der Waals surface area contributed by atoms with E-state index in [0.717, 1.165) is 25.7 Å². The topological polar surface area (TPSA) is 78.4 Å². The van der Waals surface area contributed by atoms with Crippen LogP contribution in [0, 0.1) is 29.1 Å². The third-order valence-electron chi connectivity index (χ3n) is 6.83. The maximum Gasteiger partial charge on any atom is 0.223 e. The Bertz CT molecular complexity index is 542. The SMILES string of the molecule is CC(=O)N[C@H]1CC[C@]2(C)CC[C@H]([C@H](C)C(=O)NC(C)(C)C)[C@H](O)[C@H]2[C@@H]1C. The zero-order chi connectivity index (χ0) is 19.9. The van der Waals surface area contributed by atoms with Gasteiger partial charge in [0.25, 0.3) is 0 Å². The second-order valence-electron chi connectivity index (χ2n) is 10.1. The minimum absolute atomic E-state index is 0.00905. The van der Waals surface area contributed by atoms with E-state index in [0.29, 0.717) is 0 Å². The van der Waals surface area contributed by atoms with Gasteiger partial charge in [-0.25, -0.2) is 0 Å². The molecule has 2 fully saturated rings. The first-order valence-corrected chi connectivity index (χ1v) is 10.1. The third-order valence-corrected chi connectivity index (χ3v) is 6.83. The first-order chi connectivity index (χ1) is 11.9. The highest BCUT2D eigenvalue weighted by Crippen LogP contribution is 2.55. The van der Waals surface area contributed by atoms with E-state index in [4.69, 9.17) is 0 Å². The van der Waals surface area contributed by atoms with Gasteiger partial charge in [-0.3, -0.25) is 9.59 Å². The van der Waals surface area contributed by atoms with Crippen molar-refractivity contribution in [1.29, 1.82) is 0 Å². The van der Waals surface area contributed by atoms with Gasteiger partial charge in [0.05, 0.1) is 6.10 Å². The van der Waals surface area contributed by atoms with Gasteiger partial charge in [-0.2, -0.15) is 0 Å². The molecule has 7 atom stereocenters. The zero-order valence-electron chi connectivity index (χ0n) is 17.6. The van der Waals surface area contributed by atoms with Crippen molar-refractivity contribution in [2.45, 2.75) is 91.8 Å². The van der Waals surface area contributed by atoms with Gasteiger partial charge in [0.15, 0.2) is 0 Å². The normalized spacial score (nSPS) is 38.8. The summed E-state index contributed by atoms with van der Waals surface area (Å²) < 4.78 is 0. The number of aliphatic hydroxyl groups excluding tert-OH is 1. The summed E-state index contributed by atoms with van der Waals surface area (Å²) in [6.45, 7) is 13.9. The van der Waals surface area contributed by atoms with Gasteiger partial charge in [0.2, 0.25) is 11.8 Å². The maximum atomic E-state index is 12.7. The summed E-state index contributed by atoms with van der Waals surface area (Å²) in [6, 6.07) is 0.109. The van der Waals surface area contributed by atoms with Crippen molar-refractivity contribution < 1.29 is 14.7 Å². The number of nitrogens with one attached hydrogen (secondary N) is 2. The minimum atomic E-state index is -0.513. The molecular weight excluding hydrogens is 328 g/mol. The van der Waals surface area contributed by atoms with E-state index in [1.807, 2.05) is 27.7 Å². The largest absolute Gasteiger partial charge is 0.392 e. The van der Waals surface area contributed by atoms with Gasteiger partial charge in [-0.05, 0) is 69.6 Å². The molecule has 0 aromatic rings. The van der Waals surface area contributed by atoms with Gasteiger partial charge in [0, 0.05) is 24.4 Å². The second-order valence-corrected chi connectivity index (χ2v) is 10.1. The van der Waals surface area contributed by atoms with E-state index >= 15 is 0 Å². The van der Waals surface area contributed by atoms with Gasteiger partial charge in [-0.15, -0.1) is 0 Å². The molecule has 0 bridgehead atoms. The Morgan fingerprint density at radius 1 is 1.19 bits per heavy atom. The Balaban J connectivity index is 2.17. The second kappa shape index (κ2) is 7.49. The lowest BCUT2D eigenvalue weighted by Crippen LogP contribution is -2.58. The predicted molar refractivity (Wildman–Crippen MR) is 103 cm³/mol. The first kappa shape index (κ1) is 21.2. The van der Waals surface area contributed by atoms with Gasteiger partial charge < -0.3 is 15.7 Å². The quantitative estimate of drug-likeness (QED) is 0.719. The van der Waals surface area contributed by atoms with Crippen molar-refractivity contribution in [2.24, 2.45) is 29.1 Å². The predicted octanol–water partition coefficient (Wildman–Crippen LogP) is 2.87. The summed E-state index contributed by atoms with van der Waals surface area (Å²) in [5.74, 6) is 0.0680. The molecule has 0 aromatic carbocycles. The molecule has 26 heavy (non-hydrogen) atoms. The number of aliphatic hydroxyl groups is 1. The van der Waals surface area contributed by atoms with Gasteiger partial charge >= 0.3 is 0 Å². The average Bonchev–Trinajstić information content (AvgIpc) is 2.48. The molecule has 0 heterocycles. The summed E-state index contributed by atoms with van der Waals surface area (Å²) in [7, 11) is 0. The van der Waals surface area contributed by atoms with Crippen molar-refractivity contribution in [3.63, 3.8) is 0 Å². The van der Waals surface area contributed by atoms with E-state index in [1.165, 1.54) is 0 Å². The lowest BCUT2D eigenvalue weighted by molar-refractivity contribution is -0.144. The zero-order valence-corrected chi connectivity index (χ0v) is 17.6. The number of rotatable bonds is 3. The van der Waals surface area contributed by atoms with Crippen LogP contribution in [0.15, 0.2) is 0 Å². The van der Waals surface area contributed by atoms with Crippen LogP contribution in [0.3, 0.4) is 0 Å². The molecule has 2 rings (SSSR count). The van der Waals surface area contributed by atoms with Crippen LogP contribution in [-0.4, -0.2) is 34.6 Å². The smallest absolute Gasteiger partial charge is 0.223 e. The fourth-order valence-corrected chi connectivity index (χ4v) is 5.44. The third kappa shape index (κ3) is 4.41. The first-order valence-electron chi connectivity index (χ1n) is 10.1. The molecule has 5 heteroatoms. The monoisotopic (exact) mass is 366 g/mol. The van der Waals surface area contributed by atoms with Gasteiger partial charge in [-0.1, -0.05) is 20.8 Å². The van der Waals surface area contributed by atoms with Crippen molar-refractivity contribution in [1.82, 2.24) is 10.6 Å². The summed E-state index contributed by atoms with van der Waals surface area (Å²) in [4.78, 5) is 24.2. The molecule has 0 spiro atoms. The Labute approximate surface area is 158 Å². The number of amides is 2. The summed E-state index contributed by atoms with van der Waals surface area (Å²) >= 11 is 0. The molecule has 2 aliphatic rings. The highest BCUT2D eigenvalue weighted by Gasteiger charge is 2.53.